The lowest BCUT2D eigenvalue weighted by Gasteiger charge is -2.18. The number of benzene rings is 2. The molecule has 2 rings (SSSR count). The second-order valence-electron chi connectivity index (χ2n) is 4.17. The Morgan fingerprint density at radius 2 is 1.63 bits per heavy atom. The molecule has 0 aliphatic heterocycles. The molecule has 1 N–H and O–H groups in total. The molecule has 0 spiro atoms. The summed E-state index contributed by atoms with van der Waals surface area (Å²) in [5.41, 5.74) is 1.91. The number of anilines is 1. The average molecular weight is 424 g/mol. The molecule has 5 heteroatoms. The Labute approximate surface area is 139 Å². The number of hydrogen-bond donors (Lipinski definition) is 1. The summed E-state index contributed by atoms with van der Waals surface area (Å²) in [4.78, 5) is 0. The van der Waals surface area contributed by atoms with Crippen molar-refractivity contribution < 1.29 is 0 Å². The van der Waals surface area contributed by atoms with Crippen LogP contribution < -0.4 is 5.32 Å². The van der Waals surface area contributed by atoms with E-state index in [9.17, 15) is 0 Å². The van der Waals surface area contributed by atoms with Crippen LogP contribution in [-0.4, -0.2) is 0 Å². The highest BCUT2D eigenvalue weighted by Gasteiger charge is 2.12. The Kier molecular flexibility index (Phi) is 5.18. The maximum absolute atomic E-state index is 6.21. The summed E-state index contributed by atoms with van der Waals surface area (Å²) in [6, 6.07) is 11.9. The first-order chi connectivity index (χ1) is 8.97. The van der Waals surface area contributed by atoms with Crippen LogP contribution in [0.15, 0.2) is 45.3 Å². The van der Waals surface area contributed by atoms with Crippen LogP contribution in [0, 0.1) is 0 Å². The quantitative estimate of drug-likeness (QED) is 0.579. The van der Waals surface area contributed by atoms with Crippen LogP contribution in [0.2, 0.25) is 10.0 Å². The van der Waals surface area contributed by atoms with E-state index in [1.54, 1.807) is 0 Å². The Morgan fingerprint density at radius 3 is 2.21 bits per heavy atom. The average Bonchev–Trinajstić information content (AvgIpc) is 2.33. The van der Waals surface area contributed by atoms with E-state index in [4.69, 9.17) is 23.2 Å². The molecule has 0 bridgehead atoms. The first-order valence-corrected chi connectivity index (χ1v) is 7.98. The lowest BCUT2D eigenvalue weighted by Crippen LogP contribution is -2.07. The molecular weight excluding hydrogens is 413 g/mol. The fraction of sp³-hybridized carbons (Fsp3) is 0.143. The highest BCUT2D eigenvalue weighted by molar-refractivity contribution is 9.10. The molecule has 100 valence electrons. The summed E-state index contributed by atoms with van der Waals surface area (Å²) in [5.74, 6) is 0. The topological polar surface area (TPSA) is 12.0 Å². The molecule has 0 heterocycles. The van der Waals surface area contributed by atoms with Crippen molar-refractivity contribution in [1.82, 2.24) is 0 Å². The fourth-order valence-electron chi connectivity index (χ4n) is 1.76. The molecule has 19 heavy (non-hydrogen) atoms. The normalized spacial score (nSPS) is 12.3. The fourth-order valence-corrected chi connectivity index (χ4v) is 3.49. The number of rotatable bonds is 3. The van der Waals surface area contributed by atoms with Gasteiger partial charge in [0.2, 0.25) is 0 Å². The van der Waals surface area contributed by atoms with Crippen molar-refractivity contribution in [3.63, 3.8) is 0 Å². The second-order valence-corrected chi connectivity index (χ2v) is 6.81. The van der Waals surface area contributed by atoms with Gasteiger partial charge in [0.25, 0.3) is 0 Å². The lowest BCUT2D eigenvalue weighted by atomic mass is 10.1. The maximum Gasteiger partial charge on any atom is 0.0724 e. The summed E-state index contributed by atoms with van der Waals surface area (Å²) in [7, 11) is 0. The van der Waals surface area contributed by atoms with Crippen molar-refractivity contribution in [2.24, 2.45) is 0 Å². The van der Waals surface area contributed by atoms with Crippen molar-refractivity contribution in [3.8, 4) is 0 Å². The summed E-state index contributed by atoms with van der Waals surface area (Å²) >= 11 is 19.3. The predicted octanol–water partition coefficient (Wildman–Crippen LogP) is 6.69. The molecule has 2 aromatic rings. The third-order valence-corrected chi connectivity index (χ3v) is 4.26. The Balaban J connectivity index is 2.26. The van der Waals surface area contributed by atoms with Gasteiger partial charge in [-0.15, -0.1) is 0 Å². The van der Waals surface area contributed by atoms with Gasteiger partial charge >= 0.3 is 0 Å². The van der Waals surface area contributed by atoms with Crippen LogP contribution in [0.25, 0.3) is 0 Å². The van der Waals surface area contributed by atoms with Gasteiger partial charge in [-0.3, -0.25) is 0 Å². The predicted molar refractivity (Wildman–Crippen MR) is 90.3 cm³/mol. The van der Waals surface area contributed by atoms with Gasteiger partial charge in [0.05, 0.1) is 15.7 Å². The van der Waals surface area contributed by atoms with Crippen molar-refractivity contribution in [3.05, 3.63) is 61.0 Å². The van der Waals surface area contributed by atoms with E-state index in [0.29, 0.717) is 10.0 Å². The summed E-state index contributed by atoms with van der Waals surface area (Å²) < 4.78 is 1.91. The highest BCUT2D eigenvalue weighted by Crippen LogP contribution is 2.36. The maximum atomic E-state index is 6.21. The molecule has 0 amide bonds. The minimum atomic E-state index is 0.105. The van der Waals surface area contributed by atoms with E-state index < -0.39 is 0 Å². The molecule has 0 saturated carbocycles. The molecule has 0 radical (unpaired) electrons. The smallest absolute Gasteiger partial charge is 0.0724 e. The monoisotopic (exact) mass is 421 g/mol. The van der Waals surface area contributed by atoms with E-state index in [1.165, 1.54) is 0 Å². The third kappa shape index (κ3) is 3.88. The molecular formula is C14H11Br2Cl2N. The van der Waals surface area contributed by atoms with Gasteiger partial charge in [0, 0.05) is 15.0 Å². The molecule has 2 aromatic carbocycles. The Bertz CT molecular complexity index is 579. The van der Waals surface area contributed by atoms with Crippen molar-refractivity contribution in [2.45, 2.75) is 13.0 Å². The van der Waals surface area contributed by atoms with Crippen LogP contribution in [-0.2, 0) is 0 Å². The highest BCUT2D eigenvalue weighted by atomic mass is 79.9. The summed E-state index contributed by atoms with van der Waals surface area (Å²) in [6.07, 6.45) is 0. The van der Waals surface area contributed by atoms with Crippen LogP contribution in [0.5, 0.6) is 0 Å². The van der Waals surface area contributed by atoms with E-state index in [1.807, 2.05) is 24.3 Å². The Hall–Kier alpha value is -0.220. The number of hydrogen-bond acceptors (Lipinski definition) is 1. The van der Waals surface area contributed by atoms with Gasteiger partial charge in [0.1, 0.15) is 0 Å². The van der Waals surface area contributed by atoms with Crippen LogP contribution in [0.4, 0.5) is 5.69 Å². The van der Waals surface area contributed by atoms with Crippen LogP contribution in [0.3, 0.4) is 0 Å². The van der Waals surface area contributed by atoms with Crippen molar-refractivity contribution >= 4 is 60.7 Å². The molecule has 1 atom stereocenters. The zero-order valence-electron chi connectivity index (χ0n) is 10.1. The molecule has 0 aromatic heterocycles. The van der Waals surface area contributed by atoms with Crippen LogP contribution >= 0.6 is 55.1 Å². The molecule has 0 aliphatic rings. The first kappa shape index (κ1) is 15.2. The van der Waals surface area contributed by atoms with Crippen LogP contribution in [0.1, 0.15) is 18.5 Å². The van der Waals surface area contributed by atoms with Gasteiger partial charge in [-0.05, 0) is 36.8 Å². The van der Waals surface area contributed by atoms with Gasteiger partial charge in [-0.25, -0.2) is 0 Å². The van der Waals surface area contributed by atoms with Gasteiger partial charge in [-0.1, -0.05) is 67.2 Å². The zero-order chi connectivity index (χ0) is 14.0. The minimum Gasteiger partial charge on any atom is -0.376 e. The summed E-state index contributed by atoms with van der Waals surface area (Å²) in [5, 5.41) is 4.54. The van der Waals surface area contributed by atoms with Crippen molar-refractivity contribution in [1.29, 1.82) is 0 Å². The third-order valence-electron chi connectivity index (χ3n) is 2.72. The Morgan fingerprint density at radius 1 is 1.00 bits per heavy atom. The standard InChI is InChI=1S/C14H11Br2Cl2N/c1-8(9-3-2-4-10(15)5-9)19-14-12(17)6-11(16)7-13(14)18/h2-8,19H,1H3. The van der Waals surface area contributed by atoms with Gasteiger partial charge < -0.3 is 5.32 Å². The van der Waals surface area contributed by atoms with Gasteiger partial charge in [-0.2, -0.15) is 0 Å². The molecule has 1 nitrogen and oxygen atoms in total. The molecule has 0 saturated heterocycles. The van der Waals surface area contributed by atoms with E-state index in [-0.39, 0.29) is 6.04 Å². The number of nitrogens with one attached hydrogen (secondary N) is 1. The minimum absolute atomic E-state index is 0.105. The van der Waals surface area contributed by atoms with Crippen molar-refractivity contribution in [2.75, 3.05) is 5.32 Å². The van der Waals surface area contributed by atoms with E-state index in [0.717, 1.165) is 20.2 Å². The lowest BCUT2D eigenvalue weighted by molar-refractivity contribution is 0.884. The van der Waals surface area contributed by atoms with E-state index >= 15 is 0 Å². The summed E-state index contributed by atoms with van der Waals surface area (Å²) in [6.45, 7) is 2.07. The second kappa shape index (κ2) is 6.49. The number of halogens is 4. The zero-order valence-corrected chi connectivity index (χ0v) is 14.7. The largest absolute Gasteiger partial charge is 0.376 e. The first-order valence-electron chi connectivity index (χ1n) is 5.64. The van der Waals surface area contributed by atoms with E-state index in [2.05, 4.69) is 56.2 Å². The van der Waals surface area contributed by atoms with Gasteiger partial charge in [0.15, 0.2) is 0 Å². The molecule has 1 unspecified atom stereocenters. The SMILES string of the molecule is CC(Nc1c(Cl)cc(Br)cc1Cl)c1cccc(Br)c1. The molecule has 0 aliphatic carbocycles. The molecule has 0 fully saturated rings.